The summed E-state index contributed by atoms with van der Waals surface area (Å²) < 4.78 is 0. The van der Waals surface area contributed by atoms with Crippen LogP contribution in [0, 0.1) is 0 Å². The maximum atomic E-state index is 12.5. The summed E-state index contributed by atoms with van der Waals surface area (Å²) in [6, 6.07) is 23.8. The Kier molecular flexibility index (Phi) is 6.03. The summed E-state index contributed by atoms with van der Waals surface area (Å²) in [7, 11) is 0. The summed E-state index contributed by atoms with van der Waals surface area (Å²) in [6.45, 7) is 2.47. The number of rotatable bonds is 7. The van der Waals surface area contributed by atoms with Gasteiger partial charge in [-0.1, -0.05) is 79.7 Å². The predicted molar refractivity (Wildman–Crippen MR) is 106 cm³/mol. The zero-order chi connectivity index (χ0) is 18.4. The van der Waals surface area contributed by atoms with Crippen LogP contribution in [0.4, 0.5) is 0 Å². The van der Waals surface area contributed by atoms with Crippen molar-refractivity contribution in [2.24, 2.45) is 0 Å². The molecule has 3 heteroatoms. The van der Waals surface area contributed by atoms with Gasteiger partial charge in [0.15, 0.2) is 0 Å². The number of carbonyl (C=O) groups excluding carboxylic acids is 1. The fourth-order valence-corrected chi connectivity index (χ4v) is 3.41. The van der Waals surface area contributed by atoms with E-state index in [1.165, 1.54) is 0 Å². The smallest absolute Gasteiger partial charge is 0.227 e. The molecule has 0 heterocycles. The van der Waals surface area contributed by atoms with Gasteiger partial charge in [-0.2, -0.15) is 0 Å². The molecule has 3 aromatic carbocycles. The summed E-state index contributed by atoms with van der Waals surface area (Å²) in [5, 5.41) is 15.7. The molecule has 2 atom stereocenters. The lowest BCUT2D eigenvalue weighted by Gasteiger charge is -2.17. The number of carbonyl (C=O) groups is 1. The molecule has 0 aliphatic carbocycles. The second-order valence-corrected chi connectivity index (χ2v) is 6.54. The van der Waals surface area contributed by atoms with Gasteiger partial charge in [0.2, 0.25) is 5.91 Å². The highest BCUT2D eigenvalue weighted by atomic mass is 16.3. The van der Waals surface area contributed by atoms with E-state index in [4.69, 9.17) is 0 Å². The molecule has 0 aliphatic rings. The van der Waals surface area contributed by atoms with Crippen molar-refractivity contribution in [2.45, 2.75) is 31.8 Å². The average Bonchev–Trinajstić information content (AvgIpc) is 2.69. The molecule has 0 spiro atoms. The highest BCUT2D eigenvalue weighted by Gasteiger charge is 2.18. The first-order valence-electron chi connectivity index (χ1n) is 9.19. The molecule has 2 N–H and O–H groups in total. The monoisotopic (exact) mass is 347 g/mol. The van der Waals surface area contributed by atoms with E-state index in [9.17, 15) is 9.90 Å². The molecule has 0 unspecified atom stereocenters. The molecule has 1 amide bonds. The van der Waals surface area contributed by atoms with Gasteiger partial charge in [0.05, 0.1) is 12.0 Å². The second-order valence-electron chi connectivity index (χ2n) is 6.54. The third-order valence-corrected chi connectivity index (χ3v) is 4.83. The average molecular weight is 347 g/mol. The number of hydrogen-bond donors (Lipinski definition) is 2. The Morgan fingerprint density at radius 1 is 0.962 bits per heavy atom. The maximum Gasteiger partial charge on any atom is 0.227 e. The van der Waals surface area contributed by atoms with Crippen molar-refractivity contribution in [3.8, 4) is 0 Å². The number of hydrogen-bond acceptors (Lipinski definition) is 2. The van der Waals surface area contributed by atoms with Crippen molar-refractivity contribution in [2.75, 3.05) is 6.54 Å². The number of fused-ring (bicyclic) bond motifs is 1. The van der Waals surface area contributed by atoms with Crippen LogP contribution in [0.5, 0.6) is 0 Å². The van der Waals surface area contributed by atoms with Gasteiger partial charge in [0.25, 0.3) is 0 Å². The van der Waals surface area contributed by atoms with Crippen LogP contribution in [-0.4, -0.2) is 17.6 Å². The summed E-state index contributed by atoms with van der Waals surface area (Å²) in [5.74, 6) is -0.130. The van der Waals surface area contributed by atoms with Crippen LogP contribution < -0.4 is 5.32 Å². The molecule has 0 radical (unpaired) electrons. The summed E-state index contributed by atoms with van der Waals surface area (Å²) in [4.78, 5) is 12.5. The van der Waals surface area contributed by atoms with Crippen LogP contribution in [0.1, 0.15) is 42.9 Å². The molecule has 0 aromatic heterocycles. The van der Waals surface area contributed by atoms with E-state index < -0.39 is 6.10 Å². The Morgan fingerprint density at radius 3 is 2.42 bits per heavy atom. The second kappa shape index (κ2) is 8.63. The van der Waals surface area contributed by atoms with E-state index in [1.54, 1.807) is 0 Å². The Hall–Kier alpha value is -2.65. The van der Waals surface area contributed by atoms with Gasteiger partial charge >= 0.3 is 0 Å². The van der Waals surface area contributed by atoms with E-state index in [0.29, 0.717) is 13.0 Å². The molecule has 134 valence electrons. The van der Waals surface area contributed by atoms with Crippen molar-refractivity contribution in [1.82, 2.24) is 5.32 Å². The standard InChI is InChI=1S/C23H25NO2/c1-2-19(17-9-4-3-5-10-17)23(26)24-16-15-22(25)21-14-8-12-18-11-6-7-13-20(18)21/h3-14,19,22,25H,2,15-16H2,1H3,(H,24,26)/t19-,22-/m0/s1. The van der Waals surface area contributed by atoms with Crippen LogP contribution in [-0.2, 0) is 4.79 Å². The molecular formula is C23H25NO2. The molecule has 0 aliphatic heterocycles. The molecule has 3 rings (SSSR count). The minimum absolute atomic E-state index is 0.0174. The van der Waals surface area contributed by atoms with Crippen LogP contribution in [0.2, 0.25) is 0 Å². The third kappa shape index (κ3) is 4.12. The normalized spacial score (nSPS) is 13.3. The van der Waals surface area contributed by atoms with Crippen LogP contribution in [0.15, 0.2) is 72.8 Å². The lowest BCUT2D eigenvalue weighted by molar-refractivity contribution is -0.122. The van der Waals surface area contributed by atoms with Crippen molar-refractivity contribution in [3.63, 3.8) is 0 Å². The quantitative estimate of drug-likeness (QED) is 0.657. The zero-order valence-electron chi connectivity index (χ0n) is 15.1. The van der Waals surface area contributed by atoms with E-state index in [1.807, 2.05) is 79.7 Å². The van der Waals surface area contributed by atoms with Crippen molar-refractivity contribution in [1.29, 1.82) is 0 Å². The largest absolute Gasteiger partial charge is 0.388 e. The SMILES string of the molecule is CC[C@H](C(=O)NCC[C@H](O)c1cccc2ccccc12)c1ccccc1. The molecule has 26 heavy (non-hydrogen) atoms. The number of nitrogens with one attached hydrogen (secondary N) is 1. The molecular weight excluding hydrogens is 322 g/mol. The fourth-order valence-electron chi connectivity index (χ4n) is 3.41. The molecule has 0 bridgehead atoms. The van der Waals surface area contributed by atoms with E-state index in [2.05, 4.69) is 5.32 Å². The van der Waals surface area contributed by atoms with Gasteiger partial charge in [0, 0.05) is 6.54 Å². The van der Waals surface area contributed by atoms with E-state index in [-0.39, 0.29) is 11.8 Å². The van der Waals surface area contributed by atoms with Crippen LogP contribution in [0.3, 0.4) is 0 Å². The Balaban J connectivity index is 1.61. The van der Waals surface area contributed by atoms with Gasteiger partial charge in [-0.3, -0.25) is 4.79 Å². The highest BCUT2D eigenvalue weighted by molar-refractivity contribution is 5.86. The van der Waals surface area contributed by atoms with Crippen molar-refractivity contribution in [3.05, 3.63) is 83.9 Å². The first kappa shape index (κ1) is 18.2. The molecule has 0 saturated heterocycles. The molecule has 3 aromatic rings. The minimum Gasteiger partial charge on any atom is -0.388 e. The lowest BCUT2D eigenvalue weighted by Crippen LogP contribution is -2.30. The van der Waals surface area contributed by atoms with Crippen molar-refractivity contribution >= 4 is 16.7 Å². The number of benzene rings is 3. The van der Waals surface area contributed by atoms with Gasteiger partial charge in [-0.05, 0) is 34.7 Å². The predicted octanol–water partition coefficient (Wildman–Crippen LogP) is 4.57. The first-order valence-corrected chi connectivity index (χ1v) is 9.19. The van der Waals surface area contributed by atoms with Gasteiger partial charge < -0.3 is 10.4 Å². The zero-order valence-corrected chi connectivity index (χ0v) is 15.1. The van der Waals surface area contributed by atoms with E-state index in [0.717, 1.165) is 28.3 Å². The van der Waals surface area contributed by atoms with Gasteiger partial charge in [-0.25, -0.2) is 0 Å². The topological polar surface area (TPSA) is 49.3 Å². The highest BCUT2D eigenvalue weighted by Crippen LogP contribution is 2.26. The molecule has 0 saturated carbocycles. The molecule has 0 fully saturated rings. The maximum absolute atomic E-state index is 12.5. The third-order valence-electron chi connectivity index (χ3n) is 4.83. The van der Waals surface area contributed by atoms with Crippen LogP contribution >= 0.6 is 0 Å². The Morgan fingerprint density at radius 2 is 1.65 bits per heavy atom. The van der Waals surface area contributed by atoms with E-state index >= 15 is 0 Å². The summed E-state index contributed by atoms with van der Waals surface area (Å²) in [6.07, 6.45) is 0.644. The number of amides is 1. The van der Waals surface area contributed by atoms with Crippen LogP contribution in [0.25, 0.3) is 10.8 Å². The minimum atomic E-state index is -0.599. The van der Waals surface area contributed by atoms with Gasteiger partial charge in [-0.15, -0.1) is 0 Å². The van der Waals surface area contributed by atoms with Crippen molar-refractivity contribution < 1.29 is 9.90 Å². The number of aliphatic hydroxyl groups is 1. The Bertz CT molecular complexity index is 855. The number of aliphatic hydroxyl groups excluding tert-OH is 1. The Labute approximate surface area is 154 Å². The lowest BCUT2D eigenvalue weighted by atomic mass is 9.95. The first-order chi connectivity index (χ1) is 12.7. The van der Waals surface area contributed by atoms with Gasteiger partial charge in [0.1, 0.15) is 0 Å². The molecule has 3 nitrogen and oxygen atoms in total. The summed E-state index contributed by atoms with van der Waals surface area (Å²) >= 11 is 0. The summed E-state index contributed by atoms with van der Waals surface area (Å²) in [5.41, 5.74) is 1.94. The fraction of sp³-hybridized carbons (Fsp3) is 0.261.